The summed E-state index contributed by atoms with van der Waals surface area (Å²) >= 11 is 7.43. The number of aromatic carboxylic acids is 1. The number of ether oxygens (including phenoxy) is 4. The van der Waals surface area contributed by atoms with Crippen LogP contribution in [0.3, 0.4) is 0 Å². The molecule has 0 unspecified atom stereocenters. The Labute approximate surface area is 259 Å². The fourth-order valence-electron chi connectivity index (χ4n) is 4.92. The minimum Gasteiger partial charge on any atom is -0.493 e. The number of carboxylic acids is 1. The van der Waals surface area contributed by atoms with Gasteiger partial charge in [0.25, 0.3) is 5.56 Å². The van der Waals surface area contributed by atoms with Gasteiger partial charge in [-0.1, -0.05) is 22.9 Å². The molecule has 0 bridgehead atoms. The van der Waals surface area contributed by atoms with Gasteiger partial charge in [0.1, 0.15) is 11.5 Å². The van der Waals surface area contributed by atoms with Gasteiger partial charge < -0.3 is 28.5 Å². The van der Waals surface area contributed by atoms with E-state index in [2.05, 4.69) is 4.99 Å². The van der Waals surface area contributed by atoms with E-state index in [1.807, 2.05) is 0 Å². The van der Waals surface area contributed by atoms with Gasteiger partial charge in [-0.25, -0.2) is 14.6 Å². The van der Waals surface area contributed by atoms with Crippen LogP contribution in [0.5, 0.6) is 17.2 Å². The molecular weight excluding hydrogens is 612 g/mol. The van der Waals surface area contributed by atoms with E-state index < -0.39 is 23.5 Å². The quantitative estimate of drug-likeness (QED) is 0.264. The molecule has 0 aliphatic carbocycles. The SMILES string of the molecule is CCOC(=O)C1=C(C)N=c2s/c(=C/c3ccc(-c4cc(C(=O)O)ccc4Cl)o3)c(=O)n2[C@@H]1c1cc(OC)c(OC)c(OC)c1. The molecule has 1 N–H and O–H groups in total. The Morgan fingerprint density at radius 2 is 1.80 bits per heavy atom. The molecule has 44 heavy (non-hydrogen) atoms. The minimum atomic E-state index is -1.10. The molecule has 5 rings (SSSR count). The molecule has 1 aliphatic rings. The number of esters is 1. The molecule has 0 amide bonds. The van der Waals surface area contributed by atoms with E-state index >= 15 is 0 Å². The third-order valence-corrected chi connectivity index (χ3v) is 8.21. The Kier molecular flexibility index (Phi) is 8.66. The Balaban J connectivity index is 1.68. The number of benzene rings is 2. The van der Waals surface area contributed by atoms with Gasteiger partial charge in [-0.15, -0.1) is 0 Å². The average molecular weight is 639 g/mol. The maximum Gasteiger partial charge on any atom is 0.338 e. The normalized spacial score (nSPS) is 14.6. The molecule has 1 aliphatic heterocycles. The molecule has 11 nitrogen and oxygen atoms in total. The van der Waals surface area contributed by atoms with Gasteiger partial charge >= 0.3 is 11.9 Å². The number of halogens is 1. The summed E-state index contributed by atoms with van der Waals surface area (Å²) in [5, 5.41) is 9.68. The summed E-state index contributed by atoms with van der Waals surface area (Å²) < 4.78 is 29.6. The lowest BCUT2D eigenvalue weighted by molar-refractivity contribution is -0.139. The second-order valence-electron chi connectivity index (χ2n) is 9.46. The summed E-state index contributed by atoms with van der Waals surface area (Å²) in [4.78, 5) is 43.7. The molecule has 13 heteroatoms. The summed E-state index contributed by atoms with van der Waals surface area (Å²) in [6.45, 7) is 3.50. The molecular formula is C31H27ClN2O9S. The number of allylic oxidation sites excluding steroid dienone is 1. The van der Waals surface area contributed by atoms with Gasteiger partial charge in [0.2, 0.25) is 5.75 Å². The number of aromatic nitrogens is 1. The number of carboxylic acid groups (broad SMARTS) is 1. The van der Waals surface area contributed by atoms with Gasteiger partial charge in [0, 0.05) is 11.6 Å². The number of rotatable bonds is 9. The first-order valence-electron chi connectivity index (χ1n) is 13.2. The van der Waals surface area contributed by atoms with Crippen LogP contribution in [0.15, 0.2) is 67.9 Å². The first-order valence-corrected chi connectivity index (χ1v) is 14.4. The predicted molar refractivity (Wildman–Crippen MR) is 163 cm³/mol. The molecule has 4 aromatic rings. The van der Waals surface area contributed by atoms with Crippen LogP contribution in [0.1, 0.15) is 41.6 Å². The van der Waals surface area contributed by atoms with Crippen molar-refractivity contribution in [2.24, 2.45) is 4.99 Å². The zero-order valence-corrected chi connectivity index (χ0v) is 25.9. The number of hydrogen-bond acceptors (Lipinski definition) is 10. The number of carbonyl (C=O) groups is 2. The summed E-state index contributed by atoms with van der Waals surface area (Å²) in [6, 6.07) is 10.00. The van der Waals surface area contributed by atoms with Crippen molar-refractivity contribution in [2.75, 3.05) is 27.9 Å². The second kappa shape index (κ2) is 12.4. The number of carbonyl (C=O) groups excluding carboxylic acids is 1. The first-order chi connectivity index (χ1) is 21.1. The zero-order chi connectivity index (χ0) is 31.7. The minimum absolute atomic E-state index is 0.0511. The lowest BCUT2D eigenvalue weighted by atomic mass is 9.95. The number of fused-ring (bicyclic) bond motifs is 1. The van der Waals surface area contributed by atoms with E-state index in [0.717, 1.165) is 11.3 Å². The standard InChI is InChI=1S/C31H27ClN2O9S/c1-6-42-30(38)25-15(2)33-31-34(26(25)17-12-22(39-3)27(41-5)23(13-17)40-4)28(35)24(44-31)14-18-8-10-21(43-18)19-11-16(29(36)37)7-9-20(19)32/h7-14,26H,6H2,1-5H3,(H,36,37)/b24-14+/t26-/m1/s1. The lowest BCUT2D eigenvalue weighted by Gasteiger charge is -2.26. The summed E-state index contributed by atoms with van der Waals surface area (Å²) in [7, 11) is 4.43. The van der Waals surface area contributed by atoms with E-state index in [1.54, 1.807) is 44.2 Å². The van der Waals surface area contributed by atoms with Crippen LogP contribution < -0.4 is 29.1 Å². The zero-order valence-electron chi connectivity index (χ0n) is 24.3. The molecule has 0 saturated heterocycles. The summed E-state index contributed by atoms with van der Waals surface area (Å²) in [6.07, 6.45) is 1.55. The molecule has 3 heterocycles. The summed E-state index contributed by atoms with van der Waals surface area (Å²) in [5.41, 5.74) is 1.11. The van der Waals surface area contributed by atoms with Crippen molar-refractivity contribution >= 4 is 41.0 Å². The number of nitrogens with zero attached hydrogens (tertiary/aromatic N) is 2. The average Bonchev–Trinajstić information content (AvgIpc) is 3.59. The maximum atomic E-state index is 14.0. The molecule has 2 aromatic carbocycles. The topological polar surface area (TPSA) is 139 Å². The fraction of sp³-hybridized carbons (Fsp3) is 0.226. The molecule has 0 spiro atoms. The largest absolute Gasteiger partial charge is 0.493 e. The number of thiazole rings is 1. The van der Waals surface area contributed by atoms with Crippen molar-refractivity contribution in [1.29, 1.82) is 0 Å². The molecule has 2 aromatic heterocycles. The highest BCUT2D eigenvalue weighted by atomic mass is 35.5. The number of furan rings is 1. The summed E-state index contributed by atoms with van der Waals surface area (Å²) in [5.74, 6) is -0.0215. The van der Waals surface area contributed by atoms with Gasteiger partial charge in [-0.3, -0.25) is 9.36 Å². The van der Waals surface area contributed by atoms with E-state index in [1.165, 1.54) is 44.1 Å². The van der Waals surface area contributed by atoms with Crippen LogP contribution in [0.2, 0.25) is 5.02 Å². The molecule has 0 fully saturated rings. The van der Waals surface area contributed by atoms with E-state index in [0.29, 0.717) is 55.4 Å². The monoisotopic (exact) mass is 638 g/mol. The van der Waals surface area contributed by atoms with Crippen molar-refractivity contribution < 1.29 is 38.1 Å². The van der Waals surface area contributed by atoms with E-state index in [4.69, 9.17) is 35.0 Å². The number of hydrogen-bond donors (Lipinski definition) is 1. The van der Waals surface area contributed by atoms with Gasteiger partial charge in [0.15, 0.2) is 16.3 Å². The first kappa shape index (κ1) is 30.6. The third-order valence-electron chi connectivity index (χ3n) is 6.90. The van der Waals surface area contributed by atoms with Crippen LogP contribution in [0, 0.1) is 0 Å². The second-order valence-corrected chi connectivity index (χ2v) is 10.9. The third kappa shape index (κ3) is 5.49. The molecule has 0 saturated carbocycles. The van der Waals surface area contributed by atoms with Crippen LogP contribution in [-0.4, -0.2) is 49.5 Å². The highest BCUT2D eigenvalue weighted by Crippen LogP contribution is 2.42. The fourth-order valence-corrected chi connectivity index (χ4v) is 6.16. The van der Waals surface area contributed by atoms with Crippen molar-refractivity contribution in [3.63, 3.8) is 0 Å². The molecule has 0 radical (unpaired) electrons. The van der Waals surface area contributed by atoms with Crippen LogP contribution in [0.25, 0.3) is 17.4 Å². The van der Waals surface area contributed by atoms with Gasteiger partial charge in [0.05, 0.1) is 60.4 Å². The van der Waals surface area contributed by atoms with E-state index in [9.17, 15) is 19.5 Å². The Bertz CT molecular complexity index is 1980. The van der Waals surface area contributed by atoms with Crippen molar-refractivity contribution in [1.82, 2.24) is 4.57 Å². The number of methoxy groups -OCH3 is 3. The smallest absolute Gasteiger partial charge is 0.338 e. The highest BCUT2D eigenvalue weighted by Gasteiger charge is 2.34. The van der Waals surface area contributed by atoms with Crippen molar-refractivity contribution in [3.05, 3.63) is 95.3 Å². The highest BCUT2D eigenvalue weighted by molar-refractivity contribution is 7.07. The van der Waals surface area contributed by atoms with Gasteiger partial charge in [-0.2, -0.15) is 0 Å². The Morgan fingerprint density at radius 3 is 2.41 bits per heavy atom. The maximum absolute atomic E-state index is 14.0. The Morgan fingerprint density at radius 1 is 1.09 bits per heavy atom. The van der Waals surface area contributed by atoms with Crippen LogP contribution in [0.4, 0.5) is 0 Å². The predicted octanol–water partition coefficient (Wildman–Crippen LogP) is 4.44. The molecule has 1 atom stereocenters. The van der Waals surface area contributed by atoms with Crippen molar-refractivity contribution in [3.8, 4) is 28.6 Å². The van der Waals surface area contributed by atoms with E-state index in [-0.39, 0.29) is 22.3 Å². The van der Waals surface area contributed by atoms with Crippen molar-refractivity contribution in [2.45, 2.75) is 19.9 Å². The van der Waals surface area contributed by atoms with Crippen LogP contribution >= 0.6 is 22.9 Å². The van der Waals surface area contributed by atoms with Crippen LogP contribution in [-0.2, 0) is 9.53 Å². The Hall–Kier alpha value is -4.81. The lowest BCUT2D eigenvalue weighted by Crippen LogP contribution is -2.40. The van der Waals surface area contributed by atoms with Gasteiger partial charge in [-0.05, 0) is 61.9 Å². The molecule has 228 valence electrons.